The number of nitrogens with zero attached hydrogens (tertiary/aromatic N) is 1. The lowest BCUT2D eigenvalue weighted by molar-refractivity contribution is 0.135. The Kier molecular flexibility index (Phi) is 3.21. The van der Waals surface area contributed by atoms with Crippen LogP contribution in [0, 0.1) is 5.92 Å². The van der Waals surface area contributed by atoms with Crippen LogP contribution in [0.2, 0.25) is 0 Å². The van der Waals surface area contributed by atoms with E-state index in [1.54, 1.807) is 11.3 Å². The van der Waals surface area contributed by atoms with Crippen LogP contribution in [-0.2, 0) is 6.54 Å². The van der Waals surface area contributed by atoms with E-state index in [4.69, 9.17) is 0 Å². The van der Waals surface area contributed by atoms with Crippen LogP contribution < -0.4 is 0 Å². The SMILES string of the molecule is CC1CCN(Cc2cccs2)C1CO. The molecule has 1 N–H and O–H groups in total. The summed E-state index contributed by atoms with van der Waals surface area (Å²) in [5.74, 6) is 0.639. The summed E-state index contributed by atoms with van der Waals surface area (Å²) in [7, 11) is 0. The summed E-state index contributed by atoms with van der Waals surface area (Å²) in [5.41, 5.74) is 0. The second-order valence-electron chi connectivity index (χ2n) is 4.07. The Morgan fingerprint density at radius 1 is 1.64 bits per heavy atom. The summed E-state index contributed by atoms with van der Waals surface area (Å²) < 4.78 is 0. The molecule has 14 heavy (non-hydrogen) atoms. The molecule has 2 heterocycles. The smallest absolute Gasteiger partial charge is 0.0589 e. The molecule has 0 amide bonds. The molecular formula is C11H17NOS. The standard InChI is InChI=1S/C11H17NOS/c1-9-4-5-12(11(9)8-13)7-10-3-2-6-14-10/h2-3,6,9,11,13H,4-5,7-8H2,1H3. The van der Waals surface area contributed by atoms with E-state index in [0.29, 0.717) is 18.6 Å². The molecule has 0 radical (unpaired) electrons. The number of hydrogen-bond donors (Lipinski definition) is 1. The number of aliphatic hydroxyl groups excluding tert-OH is 1. The molecule has 1 saturated heterocycles. The molecule has 2 nitrogen and oxygen atoms in total. The van der Waals surface area contributed by atoms with Gasteiger partial charge in [0.1, 0.15) is 0 Å². The molecule has 0 aliphatic carbocycles. The number of hydrogen-bond acceptors (Lipinski definition) is 3. The van der Waals surface area contributed by atoms with Gasteiger partial charge in [-0.1, -0.05) is 13.0 Å². The highest BCUT2D eigenvalue weighted by atomic mass is 32.1. The van der Waals surface area contributed by atoms with Gasteiger partial charge in [0, 0.05) is 17.5 Å². The molecular weight excluding hydrogens is 194 g/mol. The summed E-state index contributed by atoms with van der Waals surface area (Å²) >= 11 is 1.80. The van der Waals surface area contributed by atoms with Gasteiger partial charge >= 0.3 is 0 Å². The Hall–Kier alpha value is -0.380. The first kappa shape index (κ1) is 10.1. The monoisotopic (exact) mass is 211 g/mol. The van der Waals surface area contributed by atoms with Gasteiger partial charge in [0.25, 0.3) is 0 Å². The Morgan fingerprint density at radius 3 is 3.14 bits per heavy atom. The van der Waals surface area contributed by atoms with E-state index in [1.165, 1.54) is 11.3 Å². The normalized spacial score (nSPS) is 28.4. The number of rotatable bonds is 3. The van der Waals surface area contributed by atoms with E-state index in [9.17, 15) is 5.11 Å². The molecule has 1 aromatic rings. The van der Waals surface area contributed by atoms with Gasteiger partial charge in [-0.15, -0.1) is 11.3 Å². The van der Waals surface area contributed by atoms with Crippen molar-refractivity contribution < 1.29 is 5.11 Å². The quantitative estimate of drug-likeness (QED) is 0.826. The van der Waals surface area contributed by atoms with Crippen LogP contribution in [0.3, 0.4) is 0 Å². The van der Waals surface area contributed by atoms with Crippen molar-refractivity contribution in [1.82, 2.24) is 4.90 Å². The zero-order valence-corrected chi connectivity index (χ0v) is 9.33. The molecule has 0 aromatic carbocycles. The second kappa shape index (κ2) is 4.43. The van der Waals surface area contributed by atoms with E-state index in [-0.39, 0.29) is 0 Å². The summed E-state index contributed by atoms with van der Waals surface area (Å²) in [6.07, 6.45) is 1.22. The topological polar surface area (TPSA) is 23.5 Å². The van der Waals surface area contributed by atoms with Crippen molar-refractivity contribution in [3.8, 4) is 0 Å². The third-order valence-electron chi connectivity index (χ3n) is 3.12. The lowest BCUT2D eigenvalue weighted by atomic mass is 10.0. The Bertz CT molecular complexity index is 273. The van der Waals surface area contributed by atoms with Gasteiger partial charge in [-0.05, 0) is 30.3 Å². The number of aliphatic hydroxyl groups is 1. The molecule has 1 aliphatic heterocycles. The highest BCUT2D eigenvalue weighted by Gasteiger charge is 2.30. The van der Waals surface area contributed by atoms with Gasteiger partial charge in [0.2, 0.25) is 0 Å². The Labute approximate surface area is 89.2 Å². The molecule has 2 rings (SSSR count). The lowest BCUT2D eigenvalue weighted by Crippen LogP contribution is -2.34. The highest BCUT2D eigenvalue weighted by Crippen LogP contribution is 2.26. The minimum atomic E-state index is 0.298. The Morgan fingerprint density at radius 2 is 2.50 bits per heavy atom. The van der Waals surface area contributed by atoms with Gasteiger partial charge in [-0.25, -0.2) is 0 Å². The van der Waals surface area contributed by atoms with Gasteiger partial charge in [0.15, 0.2) is 0 Å². The lowest BCUT2D eigenvalue weighted by Gasteiger charge is -2.24. The maximum absolute atomic E-state index is 9.30. The molecule has 0 bridgehead atoms. The predicted octanol–water partition coefficient (Wildman–Crippen LogP) is 1.95. The third kappa shape index (κ3) is 2.00. The summed E-state index contributed by atoms with van der Waals surface area (Å²) in [4.78, 5) is 3.80. The zero-order chi connectivity index (χ0) is 9.97. The van der Waals surface area contributed by atoms with Gasteiger partial charge < -0.3 is 5.11 Å². The van der Waals surface area contributed by atoms with E-state index in [2.05, 4.69) is 29.3 Å². The van der Waals surface area contributed by atoms with Crippen LogP contribution >= 0.6 is 11.3 Å². The fourth-order valence-electron chi connectivity index (χ4n) is 2.18. The fourth-order valence-corrected chi connectivity index (χ4v) is 2.91. The van der Waals surface area contributed by atoms with Gasteiger partial charge in [-0.2, -0.15) is 0 Å². The van der Waals surface area contributed by atoms with Crippen LogP contribution in [0.25, 0.3) is 0 Å². The van der Waals surface area contributed by atoms with Crippen molar-refractivity contribution >= 4 is 11.3 Å². The minimum Gasteiger partial charge on any atom is -0.395 e. The summed E-state index contributed by atoms with van der Waals surface area (Å²) in [6.45, 7) is 4.67. The molecule has 0 spiro atoms. The van der Waals surface area contributed by atoms with E-state index in [1.807, 2.05) is 0 Å². The van der Waals surface area contributed by atoms with E-state index in [0.717, 1.165) is 13.1 Å². The molecule has 2 atom stereocenters. The first-order chi connectivity index (χ1) is 6.81. The Balaban J connectivity index is 1.98. The fraction of sp³-hybridized carbons (Fsp3) is 0.636. The van der Waals surface area contributed by atoms with Crippen LogP contribution in [0.5, 0.6) is 0 Å². The third-order valence-corrected chi connectivity index (χ3v) is 3.98. The number of likely N-dealkylation sites (tertiary alicyclic amines) is 1. The zero-order valence-electron chi connectivity index (χ0n) is 8.52. The highest BCUT2D eigenvalue weighted by molar-refractivity contribution is 7.09. The molecule has 0 saturated carbocycles. The first-order valence-electron chi connectivity index (χ1n) is 5.18. The maximum Gasteiger partial charge on any atom is 0.0589 e. The predicted molar refractivity (Wildman–Crippen MR) is 59.4 cm³/mol. The van der Waals surface area contributed by atoms with E-state index >= 15 is 0 Å². The van der Waals surface area contributed by atoms with Crippen molar-refractivity contribution in [1.29, 1.82) is 0 Å². The summed E-state index contributed by atoms with van der Waals surface area (Å²) in [5, 5.41) is 11.4. The van der Waals surface area contributed by atoms with Crippen LogP contribution in [0.1, 0.15) is 18.2 Å². The molecule has 2 unspecified atom stereocenters. The van der Waals surface area contributed by atoms with Crippen molar-refractivity contribution in [2.75, 3.05) is 13.2 Å². The van der Waals surface area contributed by atoms with Crippen LogP contribution in [0.4, 0.5) is 0 Å². The summed E-state index contributed by atoms with van der Waals surface area (Å²) in [6, 6.07) is 4.63. The molecule has 1 fully saturated rings. The van der Waals surface area contributed by atoms with Crippen molar-refractivity contribution in [3.05, 3.63) is 22.4 Å². The van der Waals surface area contributed by atoms with E-state index < -0.39 is 0 Å². The van der Waals surface area contributed by atoms with Crippen molar-refractivity contribution in [2.45, 2.75) is 25.9 Å². The van der Waals surface area contributed by atoms with Crippen LogP contribution in [-0.4, -0.2) is 29.2 Å². The first-order valence-corrected chi connectivity index (χ1v) is 6.06. The van der Waals surface area contributed by atoms with Gasteiger partial charge in [0.05, 0.1) is 6.61 Å². The largest absolute Gasteiger partial charge is 0.395 e. The number of thiophene rings is 1. The molecule has 1 aromatic heterocycles. The molecule has 3 heteroatoms. The van der Waals surface area contributed by atoms with Crippen molar-refractivity contribution in [3.63, 3.8) is 0 Å². The maximum atomic E-state index is 9.30. The average molecular weight is 211 g/mol. The molecule has 78 valence electrons. The second-order valence-corrected chi connectivity index (χ2v) is 5.10. The molecule has 1 aliphatic rings. The average Bonchev–Trinajstić information content (AvgIpc) is 2.77. The minimum absolute atomic E-state index is 0.298. The van der Waals surface area contributed by atoms with Gasteiger partial charge in [-0.3, -0.25) is 4.90 Å². The van der Waals surface area contributed by atoms with Crippen LogP contribution in [0.15, 0.2) is 17.5 Å². The van der Waals surface area contributed by atoms with Crippen molar-refractivity contribution in [2.24, 2.45) is 5.92 Å².